The number of amides is 2. The van der Waals surface area contributed by atoms with Crippen molar-refractivity contribution in [3.8, 4) is 0 Å². The zero-order valence-electron chi connectivity index (χ0n) is 47.4. The van der Waals surface area contributed by atoms with Crippen LogP contribution in [-0.2, 0) is 16.1 Å². The number of fused-ring (bicyclic) bond motifs is 1. The molecule has 0 aliphatic heterocycles. The van der Waals surface area contributed by atoms with Crippen LogP contribution in [-0.4, -0.2) is 86.5 Å². The van der Waals surface area contributed by atoms with Crippen molar-refractivity contribution in [2.75, 3.05) is 22.1 Å². The topological polar surface area (TPSA) is 490 Å². The molecule has 0 spiro atoms. The number of nitrogens with zero attached hydrogens (tertiary/aromatic N) is 6. The molecule has 0 atom stereocenters. The zero-order chi connectivity index (χ0) is 64.0. The minimum atomic E-state index is -1.33. The number of aromatic carboxylic acids is 1. The van der Waals surface area contributed by atoms with Gasteiger partial charge in [0.15, 0.2) is 28.9 Å². The molecule has 0 radical (unpaired) electrons. The molecule has 31 heteroatoms. The van der Waals surface area contributed by atoms with Crippen molar-refractivity contribution in [3.63, 3.8) is 0 Å². The first-order chi connectivity index (χ1) is 39.1. The predicted octanol–water partition coefficient (Wildman–Crippen LogP) is 9.84. The number of nitro benzene ring substituents is 4. The van der Waals surface area contributed by atoms with E-state index < -0.39 is 54.6 Å². The Balaban J connectivity index is 0.00000101. The average molecular weight is 1200 g/mol. The van der Waals surface area contributed by atoms with E-state index in [-0.39, 0.29) is 80.3 Å². The molecule has 0 saturated carbocycles. The summed E-state index contributed by atoms with van der Waals surface area (Å²) in [5, 5.41) is 54.6. The highest BCUT2D eigenvalue weighted by atomic mass is 19.1. The molecule has 0 unspecified atom stereocenters. The molecule has 1 heterocycles. The van der Waals surface area contributed by atoms with Gasteiger partial charge in [0, 0.05) is 72.5 Å². The maximum atomic E-state index is 12.9. The molecule has 7 aromatic rings. The first-order valence-corrected chi connectivity index (χ1v) is 24.0. The number of ketones is 5. The number of hydrogen-bond donors (Lipinski definition) is 6. The van der Waals surface area contributed by atoms with Crippen LogP contribution in [0.25, 0.3) is 11.0 Å². The Morgan fingerprint density at radius 3 is 1.22 bits per heavy atom. The van der Waals surface area contributed by atoms with Crippen molar-refractivity contribution in [3.05, 3.63) is 200 Å². The maximum absolute atomic E-state index is 12.9. The average Bonchev–Trinajstić information content (AvgIpc) is 2.22. The number of Topliss-reactive ketones (excluding diaryl/α,β-unsaturated/α-hetero) is 5. The molecule has 86 heavy (non-hydrogen) atoms. The van der Waals surface area contributed by atoms with Crippen LogP contribution in [0.3, 0.4) is 0 Å². The fourth-order valence-corrected chi connectivity index (χ4v) is 6.75. The number of nitrogen functional groups attached to an aromatic ring is 2. The first-order valence-electron chi connectivity index (χ1n) is 24.0. The molecule has 1 aromatic heterocycles. The molecule has 7 rings (SSSR count). The summed E-state index contributed by atoms with van der Waals surface area (Å²) < 4.78 is 27.8. The second-order valence-electron chi connectivity index (χ2n) is 17.2. The van der Waals surface area contributed by atoms with Gasteiger partial charge in [-0.3, -0.25) is 74.0 Å². The Morgan fingerprint density at radius 1 is 0.500 bits per heavy atom. The standard InChI is InChI=1S/C12H14N2O.C10H10N2O4.C10H12N2O2.C8H6FNO3.C8H8N2O3.C7H4FNO4.H3N.H2O/c1-4-14-9(3)13-11-7-10(8(2)15)5-6-12(11)14;1-6(13)8-3-4-10(12(15)16)9(5-8)11-7(2)14;1-6(13)8-3-4-9(11)10(5-8)12-7(2)14;2*1-5(11)6-2-3-8(10(12)13)7(9)4-6;8-5-3-4(7(10)11)1-2-6(5)9(12)13;;/h5-7H,4H2,1-3H3;3-5H,1-2H3,(H,11,14);3-5H,11H2,1-2H3,(H,12,14);2-4H,1H3;2-4H,9H2,1H3;1-3H,(H,10,11);1H3;1H2. The monoisotopic (exact) mass is 1200 g/mol. The number of imidazole rings is 1. The molecule has 2 amide bonds. The van der Waals surface area contributed by atoms with E-state index in [0.29, 0.717) is 34.1 Å². The van der Waals surface area contributed by atoms with Crippen LogP contribution in [0.5, 0.6) is 0 Å². The number of carboxylic acids is 1. The normalized spacial score (nSPS) is 9.62. The minimum absolute atomic E-state index is 0. The molecule has 12 N–H and O–H groups in total. The SMILES string of the molecule is CC(=O)Nc1cc(C(C)=O)ccc1N.CC(=O)Nc1cc(C(C)=O)ccc1[N+](=O)[O-].CC(=O)c1ccc([N+](=O)[O-])c(F)c1.CC(=O)c1ccc([N+](=O)[O-])c(N)c1.CCn1c(C)nc2cc(C(C)=O)ccc21.N.O.O=C(O)c1ccc([N+](=O)[O-])c(F)c1. The summed E-state index contributed by atoms with van der Waals surface area (Å²) in [6.45, 7) is 14.6. The number of carbonyl (C=O) groups is 8. The quantitative estimate of drug-likeness (QED) is 0.0270. The number of anilines is 4. The molecule has 0 bridgehead atoms. The highest BCUT2D eigenvalue weighted by molar-refractivity contribution is 6.00. The second kappa shape index (κ2) is 34.1. The number of nitrogens with two attached hydrogens (primary N) is 2. The predicted molar refractivity (Wildman–Crippen MR) is 312 cm³/mol. The van der Waals surface area contributed by atoms with Gasteiger partial charge in [0.25, 0.3) is 11.4 Å². The highest BCUT2D eigenvalue weighted by Crippen LogP contribution is 2.27. The van der Waals surface area contributed by atoms with E-state index in [1.165, 1.54) is 84.0 Å². The van der Waals surface area contributed by atoms with Gasteiger partial charge in [-0.05, 0) is 133 Å². The number of nitrogens with one attached hydrogen (secondary N) is 2. The second-order valence-corrected chi connectivity index (χ2v) is 17.2. The lowest BCUT2D eigenvalue weighted by Crippen LogP contribution is -2.09. The van der Waals surface area contributed by atoms with Gasteiger partial charge >= 0.3 is 17.3 Å². The van der Waals surface area contributed by atoms with Crippen LogP contribution >= 0.6 is 0 Å². The van der Waals surface area contributed by atoms with Gasteiger partial charge in [0.05, 0.1) is 47.7 Å². The van der Waals surface area contributed by atoms with E-state index in [1.807, 2.05) is 25.1 Å². The number of rotatable bonds is 13. The Hall–Kier alpha value is -11.5. The van der Waals surface area contributed by atoms with Crippen LogP contribution < -0.4 is 28.3 Å². The number of nitro groups is 4. The van der Waals surface area contributed by atoms with E-state index in [4.69, 9.17) is 16.6 Å². The van der Waals surface area contributed by atoms with Crippen LogP contribution in [0, 0.1) is 59.0 Å². The lowest BCUT2D eigenvalue weighted by Gasteiger charge is -2.07. The third-order valence-corrected chi connectivity index (χ3v) is 10.9. The summed E-state index contributed by atoms with van der Waals surface area (Å²) in [5.74, 6) is -3.79. The summed E-state index contributed by atoms with van der Waals surface area (Å²) in [6, 6.07) is 23.7. The maximum Gasteiger partial charge on any atom is 0.335 e. The molecular formula is C55H59F2N11O18. The zero-order valence-corrected chi connectivity index (χ0v) is 47.4. The number of halogens is 2. The van der Waals surface area contributed by atoms with E-state index in [1.54, 1.807) is 25.1 Å². The Kier molecular flexibility index (Phi) is 29.5. The molecule has 0 fully saturated rings. The number of hydrogen-bond acceptors (Lipinski definition) is 20. The van der Waals surface area contributed by atoms with Gasteiger partial charge in [-0.2, -0.15) is 8.78 Å². The fraction of sp³-hybridized carbons (Fsp3) is 0.182. The number of carboxylic acid groups (broad SMARTS) is 1. The van der Waals surface area contributed by atoms with E-state index in [2.05, 4.69) is 27.1 Å². The van der Waals surface area contributed by atoms with Crippen molar-refractivity contribution in [1.29, 1.82) is 0 Å². The lowest BCUT2D eigenvalue weighted by molar-refractivity contribution is -0.387. The van der Waals surface area contributed by atoms with E-state index >= 15 is 0 Å². The Labute approximate surface area is 486 Å². The largest absolute Gasteiger partial charge is 0.478 e. The molecular weight excluding hydrogens is 1140 g/mol. The lowest BCUT2D eigenvalue weighted by atomic mass is 10.1. The van der Waals surface area contributed by atoms with Crippen molar-refractivity contribution in [1.82, 2.24) is 15.7 Å². The third-order valence-electron chi connectivity index (χ3n) is 10.9. The molecule has 0 aliphatic carbocycles. The summed E-state index contributed by atoms with van der Waals surface area (Å²) in [4.78, 5) is 130. The molecule has 6 aromatic carbocycles. The summed E-state index contributed by atoms with van der Waals surface area (Å²) >= 11 is 0. The van der Waals surface area contributed by atoms with Crippen LogP contribution in [0.1, 0.15) is 123 Å². The molecule has 0 saturated heterocycles. The van der Waals surface area contributed by atoms with Crippen molar-refractivity contribution < 1.29 is 77.4 Å². The third kappa shape index (κ3) is 22.5. The van der Waals surface area contributed by atoms with Crippen LogP contribution in [0.4, 0.5) is 54.3 Å². The van der Waals surface area contributed by atoms with Gasteiger partial charge in [-0.25, -0.2) is 9.78 Å². The number of aromatic nitrogens is 2. The van der Waals surface area contributed by atoms with Gasteiger partial charge < -0.3 is 43.4 Å². The fourth-order valence-electron chi connectivity index (χ4n) is 6.75. The van der Waals surface area contributed by atoms with Crippen LogP contribution in [0.15, 0.2) is 109 Å². The van der Waals surface area contributed by atoms with E-state index in [9.17, 15) is 87.6 Å². The summed E-state index contributed by atoms with van der Waals surface area (Å²) in [5.41, 5.74) is 13.9. The van der Waals surface area contributed by atoms with Crippen molar-refractivity contribution >= 4 is 103 Å². The Morgan fingerprint density at radius 2 is 0.837 bits per heavy atom. The van der Waals surface area contributed by atoms with Gasteiger partial charge in [-0.15, -0.1) is 0 Å². The van der Waals surface area contributed by atoms with Gasteiger partial charge in [0.2, 0.25) is 23.4 Å². The summed E-state index contributed by atoms with van der Waals surface area (Å²) in [6.07, 6.45) is 0. The van der Waals surface area contributed by atoms with Crippen molar-refractivity contribution in [2.24, 2.45) is 0 Å². The van der Waals surface area contributed by atoms with Gasteiger partial charge in [-0.1, -0.05) is 0 Å². The number of benzene rings is 6. The van der Waals surface area contributed by atoms with Gasteiger partial charge in [0.1, 0.15) is 17.2 Å². The minimum Gasteiger partial charge on any atom is -0.478 e. The number of carbonyl (C=O) groups excluding carboxylic acids is 7. The Bertz CT molecular complexity index is 3580. The van der Waals surface area contributed by atoms with Crippen molar-refractivity contribution in [2.45, 2.75) is 68.9 Å². The van der Waals surface area contributed by atoms with E-state index in [0.717, 1.165) is 53.2 Å². The number of aryl methyl sites for hydroxylation is 2. The summed E-state index contributed by atoms with van der Waals surface area (Å²) in [7, 11) is 0. The molecule has 0 aliphatic rings. The highest BCUT2D eigenvalue weighted by Gasteiger charge is 2.19. The van der Waals surface area contributed by atoms with Crippen LogP contribution in [0.2, 0.25) is 0 Å². The first kappa shape index (κ1) is 74.5. The molecule has 29 nitrogen and oxygen atoms in total. The molecule has 456 valence electrons. The smallest absolute Gasteiger partial charge is 0.335 e.